The Bertz CT molecular complexity index is 315. The number of rotatable bonds is 6. The summed E-state index contributed by atoms with van der Waals surface area (Å²) in [5, 5.41) is 3.42. The third-order valence-electron chi connectivity index (χ3n) is 3.29. The number of nitrogens with one attached hydrogen (secondary N) is 1. The highest BCUT2D eigenvalue weighted by Gasteiger charge is 2.12. The van der Waals surface area contributed by atoms with Gasteiger partial charge in [-0.1, -0.05) is 19.8 Å². The molecule has 0 saturated carbocycles. The summed E-state index contributed by atoms with van der Waals surface area (Å²) in [6.07, 6.45) is 8.38. The Morgan fingerprint density at radius 2 is 2.06 bits per heavy atom. The van der Waals surface area contributed by atoms with Crippen LogP contribution in [0.25, 0.3) is 0 Å². The third-order valence-corrected chi connectivity index (χ3v) is 3.29. The van der Waals surface area contributed by atoms with Gasteiger partial charge in [-0.05, 0) is 31.4 Å². The van der Waals surface area contributed by atoms with E-state index in [4.69, 9.17) is 0 Å². The number of anilines is 2. The van der Waals surface area contributed by atoms with E-state index in [1.165, 1.54) is 32.1 Å². The number of nitrogens with zero attached hydrogens (tertiary/aromatic N) is 2. The van der Waals surface area contributed by atoms with Gasteiger partial charge in [0.25, 0.3) is 0 Å². The van der Waals surface area contributed by atoms with E-state index in [1.807, 2.05) is 6.20 Å². The smallest absolute Gasteiger partial charge is 0.128 e. The molecule has 17 heavy (non-hydrogen) atoms. The van der Waals surface area contributed by atoms with Gasteiger partial charge in [-0.25, -0.2) is 4.98 Å². The van der Waals surface area contributed by atoms with Crippen molar-refractivity contribution in [2.75, 3.05) is 29.9 Å². The Labute approximate surface area is 104 Å². The van der Waals surface area contributed by atoms with E-state index in [9.17, 15) is 0 Å². The van der Waals surface area contributed by atoms with E-state index in [0.717, 1.165) is 31.1 Å². The number of hydrogen-bond acceptors (Lipinski definition) is 3. The Morgan fingerprint density at radius 3 is 2.71 bits per heavy atom. The Hall–Kier alpha value is -1.25. The van der Waals surface area contributed by atoms with Crippen LogP contribution in [-0.4, -0.2) is 24.6 Å². The van der Waals surface area contributed by atoms with Crippen LogP contribution in [0.2, 0.25) is 0 Å². The average Bonchev–Trinajstić information content (AvgIpc) is 2.89. The maximum atomic E-state index is 4.52. The van der Waals surface area contributed by atoms with E-state index >= 15 is 0 Å². The molecule has 0 atom stereocenters. The molecule has 0 bridgehead atoms. The van der Waals surface area contributed by atoms with Crippen LogP contribution in [0.5, 0.6) is 0 Å². The first-order valence-electron chi connectivity index (χ1n) is 6.85. The molecular weight excluding hydrogens is 210 g/mol. The molecule has 0 radical (unpaired) electrons. The summed E-state index contributed by atoms with van der Waals surface area (Å²) < 4.78 is 0. The lowest BCUT2D eigenvalue weighted by Crippen LogP contribution is -2.18. The fourth-order valence-electron chi connectivity index (χ4n) is 2.23. The Kier molecular flexibility index (Phi) is 4.65. The molecule has 1 saturated heterocycles. The Morgan fingerprint density at radius 1 is 1.24 bits per heavy atom. The predicted octanol–water partition coefficient (Wildman–Crippen LogP) is 3.28. The second-order valence-corrected chi connectivity index (χ2v) is 4.73. The number of pyridine rings is 1. The van der Waals surface area contributed by atoms with Crippen LogP contribution in [0, 0.1) is 0 Å². The van der Waals surface area contributed by atoms with Gasteiger partial charge in [-0.15, -0.1) is 0 Å². The molecule has 94 valence electrons. The van der Waals surface area contributed by atoms with Crippen LogP contribution in [-0.2, 0) is 0 Å². The summed E-state index contributed by atoms with van der Waals surface area (Å²) in [6, 6.07) is 4.28. The number of aromatic nitrogens is 1. The van der Waals surface area contributed by atoms with Crippen LogP contribution >= 0.6 is 0 Å². The molecule has 1 aliphatic rings. The largest absolute Gasteiger partial charge is 0.384 e. The lowest BCUT2D eigenvalue weighted by atomic mass is 10.2. The van der Waals surface area contributed by atoms with Crippen molar-refractivity contribution < 1.29 is 0 Å². The van der Waals surface area contributed by atoms with Crippen molar-refractivity contribution in [3.8, 4) is 0 Å². The maximum absolute atomic E-state index is 4.52. The molecule has 2 rings (SSSR count). The zero-order valence-corrected chi connectivity index (χ0v) is 10.8. The van der Waals surface area contributed by atoms with Crippen LogP contribution in [0.1, 0.15) is 39.0 Å². The van der Waals surface area contributed by atoms with Gasteiger partial charge >= 0.3 is 0 Å². The molecule has 1 aromatic rings. The molecule has 0 amide bonds. The monoisotopic (exact) mass is 233 g/mol. The molecule has 1 aromatic heterocycles. The SMILES string of the molecule is CCCCCNc1ccc(N2CCCC2)nc1. The van der Waals surface area contributed by atoms with Crippen LogP contribution in [0.15, 0.2) is 18.3 Å². The van der Waals surface area contributed by atoms with Gasteiger partial charge in [0.05, 0.1) is 11.9 Å². The second kappa shape index (κ2) is 6.48. The molecular formula is C14H23N3. The highest BCUT2D eigenvalue weighted by Crippen LogP contribution is 2.18. The van der Waals surface area contributed by atoms with Crippen molar-refractivity contribution in [3.63, 3.8) is 0 Å². The van der Waals surface area contributed by atoms with Crippen molar-refractivity contribution in [1.82, 2.24) is 4.98 Å². The summed E-state index contributed by atoms with van der Waals surface area (Å²) >= 11 is 0. The molecule has 0 unspecified atom stereocenters. The van der Waals surface area contributed by atoms with Gasteiger partial charge in [0.15, 0.2) is 0 Å². The topological polar surface area (TPSA) is 28.2 Å². The van der Waals surface area contributed by atoms with Crippen molar-refractivity contribution in [1.29, 1.82) is 0 Å². The summed E-state index contributed by atoms with van der Waals surface area (Å²) in [5.41, 5.74) is 1.14. The van der Waals surface area contributed by atoms with Gasteiger partial charge in [0, 0.05) is 19.6 Å². The summed E-state index contributed by atoms with van der Waals surface area (Å²) in [4.78, 5) is 6.88. The normalized spacial score (nSPS) is 15.2. The summed E-state index contributed by atoms with van der Waals surface area (Å²) in [5.74, 6) is 1.13. The average molecular weight is 233 g/mol. The van der Waals surface area contributed by atoms with E-state index in [0.29, 0.717) is 0 Å². The predicted molar refractivity (Wildman–Crippen MR) is 73.7 cm³/mol. The second-order valence-electron chi connectivity index (χ2n) is 4.73. The molecule has 2 heterocycles. The minimum absolute atomic E-state index is 1.05. The lowest BCUT2D eigenvalue weighted by Gasteiger charge is -2.16. The van der Waals surface area contributed by atoms with Crippen molar-refractivity contribution in [2.45, 2.75) is 39.0 Å². The molecule has 1 fully saturated rings. The third kappa shape index (κ3) is 3.62. The zero-order valence-electron chi connectivity index (χ0n) is 10.8. The van der Waals surface area contributed by atoms with Crippen LogP contribution in [0.4, 0.5) is 11.5 Å². The maximum Gasteiger partial charge on any atom is 0.128 e. The number of hydrogen-bond donors (Lipinski definition) is 1. The van der Waals surface area contributed by atoms with Crippen molar-refractivity contribution in [2.24, 2.45) is 0 Å². The van der Waals surface area contributed by atoms with E-state index in [-0.39, 0.29) is 0 Å². The quantitative estimate of drug-likeness (QED) is 0.764. The fourth-order valence-corrected chi connectivity index (χ4v) is 2.23. The first-order valence-corrected chi connectivity index (χ1v) is 6.85. The van der Waals surface area contributed by atoms with Gasteiger partial charge < -0.3 is 10.2 Å². The highest BCUT2D eigenvalue weighted by atomic mass is 15.2. The molecule has 1 aliphatic heterocycles. The highest BCUT2D eigenvalue weighted by molar-refractivity contribution is 5.48. The molecule has 0 aliphatic carbocycles. The van der Waals surface area contributed by atoms with Gasteiger partial charge in [0.2, 0.25) is 0 Å². The molecule has 3 nitrogen and oxygen atoms in total. The van der Waals surface area contributed by atoms with Gasteiger partial charge in [-0.2, -0.15) is 0 Å². The summed E-state index contributed by atoms with van der Waals surface area (Å²) in [7, 11) is 0. The first-order chi connectivity index (χ1) is 8.40. The van der Waals surface area contributed by atoms with Crippen LogP contribution in [0.3, 0.4) is 0 Å². The Balaban J connectivity index is 1.80. The molecule has 1 N–H and O–H groups in total. The summed E-state index contributed by atoms with van der Waals surface area (Å²) in [6.45, 7) is 5.61. The number of unbranched alkanes of at least 4 members (excludes halogenated alkanes) is 2. The standard InChI is InChI=1S/C14H23N3/c1-2-3-4-9-15-13-7-8-14(16-12-13)17-10-5-6-11-17/h7-8,12,15H,2-6,9-11H2,1H3. The lowest BCUT2D eigenvalue weighted by molar-refractivity contribution is 0.743. The van der Waals surface area contributed by atoms with E-state index < -0.39 is 0 Å². The molecule has 0 aromatic carbocycles. The molecule has 0 spiro atoms. The molecule has 3 heteroatoms. The van der Waals surface area contributed by atoms with E-state index in [2.05, 4.69) is 34.3 Å². The van der Waals surface area contributed by atoms with Crippen LogP contribution < -0.4 is 10.2 Å². The zero-order chi connectivity index (χ0) is 11.9. The van der Waals surface area contributed by atoms with Gasteiger partial charge in [0.1, 0.15) is 5.82 Å². The minimum Gasteiger partial charge on any atom is -0.384 e. The first kappa shape index (κ1) is 12.2. The minimum atomic E-state index is 1.05. The van der Waals surface area contributed by atoms with E-state index in [1.54, 1.807) is 0 Å². The van der Waals surface area contributed by atoms with Crippen molar-refractivity contribution >= 4 is 11.5 Å². The van der Waals surface area contributed by atoms with Crippen molar-refractivity contribution in [3.05, 3.63) is 18.3 Å². The fraction of sp³-hybridized carbons (Fsp3) is 0.643. The van der Waals surface area contributed by atoms with Gasteiger partial charge in [-0.3, -0.25) is 0 Å².